The summed E-state index contributed by atoms with van der Waals surface area (Å²) < 4.78 is 9.74. The summed E-state index contributed by atoms with van der Waals surface area (Å²) in [4.78, 5) is 4.62. The van der Waals surface area contributed by atoms with Gasteiger partial charge < -0.3 is 10.1 Å². The Bertz CT molecular complexity index is 419. The van der Waals surface area contributed by atoms with E-state index in [1.807, 2.05) is 0 Å². The molecule has 0 bridgehead atoms. The van der Waals surface area contributed by atoms with Crippen LogP contribution in [0.3, 0.4) is 0 Å². The predicted octanol–water partition coefficient (Wildman–Crippen LogP) is 3.84. The van der Waals surface area contributed by atoms with Crippen LogP contribution in [0.25, 0.3) is 0 Å². The fraction of sp³-hybridized carbons (Fsp3) is 0.867. The smallest absolute Gasteiger partial charge is 0.202 e. The van der Waals surface area contributed by atoms with Gasteiger partial charge in [-0.05, 0) is 24.7 Å². The Labute approximate surface area is 126 Å². The summed E-state index contributed by atoms with van der Waals surface area (Å²) in [5.41, 5.74) is 0.418. The quantitative estimate of drug-likeness (QED) is 0.866. The second kappa shape index (κ2) is 6.39. The largest absolute Gasteiger partial charge is 0.385 e. The Morgan fingerprint density at radius 1 is 1.30 bits per heavy atom. The molecule has 1 aromatic rings. The van der Waals surface area contributed by atoms with Crippen LogP contribution in [0.2, 0.25) is 0 Å². The van der Waals surface area contributed by atoms with E-state index in [0.29, 0.717) is 5.41 Å². The van der Waals surface area contributed by atoms with Gasteiger partial charge in [0.15, 0.2) is 0 Å². The maximum atomic E-state index is 5.28. The molecule has 1 aromatic heterocycles. The maximum Gasteiger partial charge on any atom is 0.202 e. The number of nitrogens with zero attached hydrogens (tertiary/aromatic N) is 2. The lowest BCUT2D eigenvalue weighted by atomic mass is 9.83. The Morgan fingerprint density at radius 3 is 2.55 bits per heavy atom. The third kappa shape index (κ3) is 3.92. The monoisotopic (exact) mass is 297 g/mol. The molecule has 1 heterocycles. The molecular formula is C15H27N3OS. The van der Waals surface area contributed by atoms with Gasteiger partial charge in [0.25, 0.3) is 0 Å². The fourth-order valence-corrected chi connectivity index (χ4v) is 3.57. The van der Waals surface area contributed by atoms with Crippen LogP contribution in [0, 0.1) is 5.41 Å². The van der Waals surface area contributed by atoms with Crippen molar-refractivity contribution in [2.75, 3.05) is 25.6 Å². The van der Waals surface area contributed by atoms with Gasteiger partial charge in [-0.15, -0.1) is 0 Å². The summed E-state index contributed by atoms with van der Waals surface area (Å²) >= 11 is 1.48. The van der Waals surface area contributed by atoms with Crippen LogP contribution in [0.4, 0.5) is 5.13 Å². The van der Waals surface area contributed by atoms with Crippen LogP contribution >= 0.6 is 11.5 Å². The van der Waals surface area contributed by atoms with E-state index in [4.69, 9.17) is 4.74 Å². The lowest BCUT2D eigenvalue weighted by Gasteiger charge is -2.28. The van der Waals surface area contributed by atoms with Crippen LogP contribution in [0.5, 0.6) is 0 Å². The van der Waals surface area contributed by atoms with Crippen molar-refractivity contribution in [2.45, 2.75) is 58.3 Å². The topological polar surface area (TPSA) is 47.0 Å². The minimum Gasteiger partial charge on any atom is -0.385 e. The van der Waals surface area contributed by atoms with E-state index >= 15 is 0 Å². The first-order chi connectivity index (χ1) is 9.45. The van der Waals surface area contributed by atoms with Gasteiger partial charge in [-0.2, -0.15) is 4.37 Å². The van der Waals surface area contributed by atoms with Gasteiger partial charge in [0.1, 0.15) is 5.82 Å². The number of nitrogens with one attached hydrogen (secondary N) is 1. The Balaban J connectivity index is 1.94. The molecule has 0 unspecified atom stereocenters. The Morgan fingerprint density at radius 2 is 2.00 bits per heavy atom. The van der Waals surface area contributed by atoms with Gasteiger partial charge in [0.05, 0.1) is 0 Å². The predicted molar refractivity (Wildman–Crippen MR) is 84.5 cm³/mol. The minimum atomic E-state index is 0.0253. The molecule has 114 valence electrons. The van der Waals surface area contributed by atoms with E-state index in [1.165, 1.54) is 37.2 Å². The summed E-state index contributed by atoms with van der Waals surface area (Å²) in [6.45, 7) is 8.29. The summed E-state index contributed by atoms with van der Waals surface area (Å²) in [6.07, 6.45) is 6.42. The molecule has 1 N–H and O–H groups in total. The van der Waals surface area contributed by atoms with Crippen molar-refractivity contribution >= 4 is 16.7 Å². The zero-order valence-electron chi connectivity index (χ0n) is 13.2. The van der Waals surface area contributed by atoms with Gasteiger partial charge in [0.2, 0.25) is 5.13 Å². The van der Waals surface area contributed by atoms with Gasteiger partial charge >= 0.3 is 0 Å². The van der Waals surface area contributed by atoms with Crippen LogP contribution in [0.15, 0.2) is 0 Å². The Hall–Kier alpha value is -0.680. The first-order valence-electron chi connectivity index (χ1n) is 7.52. The second-order valence-electron chi connectivity index (χ2n) is 6.98. The van der Waals surface area contributed by atoms with Gasteiger partial charge in [-0.25, -0.2) is 4.98 Å². The highest BCUT2D eigenvalue weighted by Gasteiger charge is 2.33. The molecule has 0 aromatic carbocycles. The van der Waals surface area contributed by atoms with Gasteiger partial charge in [0, 0.05) is 37.2 Å². The van der Waals surface area contributed by atoms with Crippen molar-refractivity contribution in [3.8, 4) is 0 Å². The highest BCUT2D eigenvalue weighted by Crippen LogP contribution is 2.41. The lowest BCUT2D eigenvalue weighted by molar-refractivity contribution is 0.143. The summed E-state index contributed by atoms with van der Waals surface area (Å²) in [7, 11) is 1.79. The molecule has 4 nitrogen and oxygen atoms in total. The van der Waals surface area contributed by atoms with Crippen LogP contribution in [-0.4, -0.2) is 29.6 Å². The lowest BCUT2D eigenvalue weighted by Crippen LogP contribution is -2.28. The summed E-state index contributed by atoms with van der Waals surface area (Å²) in [5.74, 6) is 0.933. The number of methoxy groups -OCH3 is 1. The molecule has 1 aliphatic rings. The van der Waals surface area contributed by atoms with Gasteiger partial charge in [-0.3, -0.25) is 0 Å². The zero-order valence-corrected chi connectivity index (χ0v) is 14.0. The van der Waals surface area contributed by atoms with Crippen LogP contribution in [0.1, 0.15) is 58.7 Å². The van der Waals surface area contributed by atoms with E-state index < -0.39 is 0 Å². The minimum absolute atomic E-state index is 0.0253. The van der Waals surface area contributed by atoms with E-state index in [0.717, 1.165) is 30.5 Å². The molecule has 20 heavy (non-hydrogen) atoms. The number of ether oxygens (including phenoxy) is 1. The van der Waals surface area contributed by atoms with E-state index in [1.54, 1.807) is 7.11 Å². The molecular weight excluding hydrogens is 270 g/mol. The average Bonchev–Trinajstić information content (AvgIpc) is 3.03. The molecule has 0 amide bonds. The Kier molecular flexibility index (Phi) is 5.02. The van der Waals surface area contributed by atoms with E-state index in [-0.39, 0.29) is 5.41 Å². The first kappa shape index (κ1) is 15.7. The molecule has 0 saturated heterocycles. The van der Waals surface area contributed by atoms with Crippen molar-refractivity contribution in [1.82, 2.24) is 9.36 Å². The molecule has 1 aliphatic carbocycles. The number of rotatable bonds is 6. The van der Waals surface area contributed by atoms with E-state index in [9.17, 15) is 0 Å². The van der Waals surface area contributed by atoms with Crippen molar-refractivity contribution in [1.29, 1.82) is 0 Å². The van der Waals surface area contributed by atoms with Crippen molar-refractivity contribution in [3.05, 3.63) is 5.82 Å². The normalized spacial score (nSPS) is 18.4. The van der Waals surface area contributed by atoms with E-state index in [2.05, 4.69) is 35.4 Å². The zero-order chi connectivity index (χ0) is 14.6. The standard InChI is InChI=1S/C15H27N3OS/c1-14(2,3)12-17-13(20-18-12)16-11-15(9-10-19-4)7-5-6-8-15/h5-11H2,1-4H3,(H,16,17,18). The van der Waals surface area contributed by atoms with Gasteiger partial charge in [-0.1, -0.05) is 33.6 Å². The molecule has 0 atom stereocenters. The number of hydrogen-bond donors (Lipinski definition) is 1. The SMILES string of the molecule is COCCC1(CNc2nc(C(C)(C)C)ns2)CCCC1. The fourth-order valence-electron chi connectivity index (χ4n) is 2.82. The molecule has 0 aliphatic heterocycles. The molecule has 1 saturated carbocycles. The third-order valence-corrected chi connectivity index (χ3v) is 4.88. The summed E-state index contributed by atoms with van der Waals surface area (Å²) in [5, 5.41) is 4.48. The maximum absolute atomic E-state index is 5.28. The van der Waals surface area contributed by atoms with Crippen LogP contribution < -0.4 is 5.32 Å². The molecule has 1 fully saturated rings. The first-order valence-corrected chi connectivity index (χ1v) is 8.30. The third-order valence-electron chi connectivity index (χ3n) is 4.21. The highest BCUT2D eigenvalue weighted by molar-refractivity contribution is 7.09. The van der Waals surface area contributed by atoms with Crippen molar-refractivity contribution in [2.24, 2.45) is 5.41 Å². The number of anilines is 1. The molecule has 0 spiro atoms. The number of hydrogen-bond acceptors (Lipinski definition) is 5. The molecule has 5 heteroatoms. The molecule has 2 rings (SSSR count). The second-order valence-corrected chi connectivity index (χ2v) is 7.73. The van der Waals surface area contributed by atoms with Crippen molar-refractivity contribution in [3.63, 3.8) is 0 Å². The number of aromatic nitrogens is 2. The van der Waals surface area contributed by atoms with Crippen molar-refractivity contribution < 1.29 is 4.74 Å². The highest BCUT2D eigenvalue weighted by atomic mass is 32.1. The summed E-state index contributed by atoms with van der Waals surface area (Å²) in [6, 6.07) is 0. The molecule has 0 radical (unpaired) electrons. The van der Waals surface area contributed by atoms with Crippen LogP contribution in [-0.2, 0) is 10.2 Å². The average molecular weight is 297 g/mol.